The van der Waals surface area contributed by atoms with Crippen LogP contribution < -0.4 is 0 Å². The lowest BCUT2D eigenvalue weighted by molar-refractivity contribution is 0.0618. The number of carbonyl (C=O) groups excluding carboxylic acids is 1. The van der Waals surface area contributed by atoms with Gasteiger partial charge in [-0.15, -0.1) is 11.3 Å². The van der Waals surface area contributed by atoms with Crippen molar-refractivity contribution in [1.82, 2.24) is 14.9 Å². The molecule has 0 N–H and O–H groups in total. The van der Waals surface area contributed by atoms with Gasteiger partial charge < -0.3 is 4.90 Å². The largest absolute Gasteiger partial charge is 0.332 e. The fraction of sp³-hybridized carbons (Fsp3) is 0.667. The molecule has 0 unspecified atom stereocenters. The van der Waals surface area contributed by atoms with Crippen LogP contribution in [0.4, 0.5) is 0 Å². The summed E-state index contributed by atoms with van der Waals surface area (Å²) >= 11 is 1.60. The van der Waals surface area contributed by atoms with Crippen molar-refractivity contribution in [2.24, 2.45) is 0 Å². The molecule has 3 aliphatic carbocycles. The van der Waals surface area contributed by atoms with E-state index in [0.29, 0.717) is 18.0 Å². The fourth-order valence-corrected chi connectivity index (χ4v) is 5.73. The van der Waals surface area contributed by atoms with E-state index in [4.69, 9.17) is 9.97 Å². The number of fused-ring (bicyclic) bond motifs is 1. The number of aromatic nitrogens is 2. The van der Waals surface area contributed by atoms with Gasteiger partial charge in [-0.25, -0.2) is 9.97 Å². The van der Waals surface area contributed by atoms with Crippen molar-refractivity contribution >= 4 is 27.5 Å². The Labute approximate surface area is 159 Å². The molecule has 3 fully saturated rings. The van der Waals surface area contributed by atoms with Crippen molar-refractivity contribution in [3.05, 3.63) is 22.0 Å². The Bertz CT molecular complexity index is 860. The summed E-state index contributed by atoms with van der Waals surface area (Å²) in [6.07, 6.45) is 11.0. The van der Waals surface area contributed by atoms with Gasteiger partial charge >= 0.3 is 0 Å². The smallest absolute Gasteiger partial charge is 0.264 e. The number of nitrogens with zero attached hydrogens (tertiary/aromatic N) is 3. The molecule has 5 rings (SSSR count). The number of thiophene rings is 1. The predicted molar refractivity (Wildman–Crippen MR) is 105 cm³/mol. The highest BCUT2D eigenvalue weighted by Crippen LogP contribution is 2.42. The summed E-state index contributed by atoms with van der Waals surface area (Å²) in [6.45, 7) is 4.16. The highest BCUT2D eigenvalue weighted by molar-refractivity contribution is 7.20. The van der Waals surface area contributed by atoms with Crippen molar-refractivity contribution in [3.8, 4) is 0 Å². The zero-order valence-corrected chi connectivity index (χ0v) is 16.6. The summed E-state index contributed by atoms with van der Waals surface area (Å²) in [5.41, 5.74) is 2.14. The zero-order valence-electron chi connectivity index (χ0n) is 15.8. The molecule has 0 atom stereocenters. The first-order valence-corrected chi connectivity index (χ1v) is 11.1. The number of amides is 1. The number of aryl methyl sites for hydroxylation is 2. The molecular formula is C21H27N3OS. The van der Waals surface area contributed by atoms with Gasteiger partial charge in [0.2, 0.25) is 0 Å². The van der Waals surface area contributed by atoms with Crippen LogP contribution in [0, 0.1) is 13.8 Å². The van der Waals surface area contributed by atoms with E-state index < -0.39 is 0 Å². The second-order valence-corrected chi connectivity index (χ2v) is 9.41. The van der Waals surface area contributed by atoms with E-state index >= 15 is 0 Å². The lowest BCUT2D eigenvalue weighted by atomic mass is 9.93. The maximum absolute atomic E-state index is 13.5. The summed E-state index contributed by atoms with van der Waals surface area (Å²) in [5.74, 6) is 1.79. The fourth-order valence-electron chi connectivity index (χ4n) is 4.55. The molecule has 5 heteroatoms. The lowest BCUT2D eigenvalue weighted by Crippen LogP contribution is -2.43. The third-order valence-corrected chi connectivity index (χ3v) is 7.44. The van der Waals surface area contributed by atoms with Crippen LogP contribution in [0.5, 0.6) is 0 Å². The molecule has 2 heterocycles. The van der Waals surface area contributed by atoms with Crippen LogP contribution in [0.2, 0.25) is 0 Å². The predicted octanol–water partition coefficient (Wildman–Crippen LogP) is 5.12. The minimum Gasteiger partial charge on any atom is -0.332 e. The Morgan fingerprint density at radius 1 is 0.962 bits per heavy atom. The van der Waals surface area contributed by atoms with Crippen LogP contribution in [-0.4, -0.2) is 32.9 Å². The summed E-state index contributed by atoms with van der Waals surface area (Å²) < 4.78 is 0. The van der Waals surface area contributed by atoms with Crippen molar-refractivity contribution in [1.29, 1.82) is 0 Å². The van der Waals surface area contributed by atoms with Gasteiger partial charge in [-0.3, -0.25) is 4.79 Å². The van der Waals surface area contributed by atoms with Gasteiger partial charge in [0.1, 0.15) is 10.7 Å². The van der Waals surface area contributed by atoms with E-state index in [1.807, 2.05) is 0 Å². The number of hydrogen-bond donors (Lipinski definition) is 0. The van der Waals surface area contributed by atoms with Crippen LogP contribution in [-0.2, 0) is 0 Å². The minimum absolute atomic E-state index is 0.257. The Morgan fingerprint density at radius 3 is 2.31 bits per heavy atom. The summed E-state index contributed by atoms with van der Waals surface area (Å²) in [4.78, 5) is 27.3. The van der Waals surface area contributed by atoms with Crippen LogP contribution in [0.25, 0.3) is 10.2 Å². The highest BCUT2D eigenvalue weighted by Gasteiger charge is 2.39. The van der Waals surface area contributed by atoms with Crippen molar-refractivity contribution in [2.75, 3.05) is 0 Å². The third kappa shape index (κ3) is 2.84. The molecule has 0 saturated heterocycles. The van der Waals surface area contributed by atoms with E-state index in [9.17, 15) is 4.79 Å². The van der Waals surface area contributed by atoms with Gasteiger partial charge in [0, 0.05) is 23.4 Å². The van der Waals surface area contributed by atoms with Crippen molar-refractivity contribution < 1.29 is 4.79 Å². The third-order valence-electron chi connectivity index (χ3n) is 6.27. The lowest BCUT2D eigenvalue weighted by Gasteiger charge is -2.34. The molecule has 0 aliphatic heterocycles. The average molecular weight is 370 g/mol. The van der Waals surface area contributed by atoms with Crippen molar-refractivity contribution in [3.63, 3.8) is 0 Å². The Hall–Kier alpha value is -1.49. The first-order valence-electron chi connectivity index (χ1n) is 10.2. The SMILES string of the molecule is Cc1nc(C2CC2)nc2sc(C(=O)N(C3CCCCC3)C3CC3)c(C)c12. The molecular weight excluding hydrogens is 342 g/mol. The molecule has 26 heavy (non-hydrogen) atoms. The standard InChI is InChI=1S/C21H27N3OS/c1-12-17-13(2)22-19(14-8-9-14)23-20(17)26-18(12)21(25)24(16-10-11-16)15-6-4-3-5-7-15/h14-16H,3-11H2,1-2H3. The topological polar surface area (TPSA) is 46.1 Å². The van der Waals surface area contributed by atoms with Crippen LogP contribution in [0.3, 0.4) is 0 Å². The Balaban J connectivity index is 1.53. The molecule has 1 amide bonds. The molecule has 0 spiro atoms. The molecule has 4 nitrogen and oxygen atoms in total. The second-order valence-electron chi connectivity index (χ2n) is 8.41. The molecule has 0 radical (unpaired) electrons. The Kier molecular flexibility index (Phi) is 4.03. The first-order chi connectivity index (χ1) is 12.6. The molecule has 0 aromatic carbocycles. The summed E-state index contributed by atoms with van der Waals surface area (Å²) in [6, 6.07) is 0.923. The highest BCUT2D eigenvalue weighted by atomic mass is 32.1. The minimum atomic E-state index is 0.257. The number of hydrogen-bond acceptors (Lipinski definition) is 4. The van der Waals surface area contributed by atoms with Gasteiger partial charge in [0.15, 0.2) is 0 Å². The van der Waals surface area contributed by atoms with E-state index in [-0.39, 0.29) is 5.91 Å². The maximum Gasteiger partial charge on any atom is 0.264 e. The summed E-state index contributed by atoms with van der Waals surface area (Å²) in [7, 11) is 0. The average Bonchev–Trinajstić information content (AvgIpc) is 3.54. The van der Waals surface area contributed by atoms with Gasteiger partial charge in [-0.05, 0) is 57.9 Å². The molecule has 3 saturated carbocycles. The Morgan fingerprint density at radius 2 is 1.65 bits per heavy atom. The number of rotatable bonds is 4. The molecule has 2 aromatic heterocycles. The van der Waals surface area contributed by atoms with Gasteiger partial charge in [-0.2, -0.15) is 0 Å². The van der Waals surface area contributed by atoms with Gasteiger partial charge in [0.25, 0.3) is 5.91 Å². The normalized spacial score (nSPS) is 21.3. The molecule has 138 valence electrons. The zero-order chi connectivity index (χ0) is 17.8. The second kappa shape index (κ2) is 6.29. The molecule has 0 bridgehead atoms. The van der Waals surface area contributed by atoms with Crippen LogP contribution >= 0.6 is 11.3 Å². The quantitative estimate of drug-likeness (QED) is 0.751. The van der Waals surface area contributed by atoms with Gasteiger partial charge in [-0.1, -0.05) is 19.3 Å². The monoisotopic (exact) mass is 369 g/mol. The van der Waals surface area contributed by atoms with E-state index in [1.54, 1.807) is 11.3 Å². The van der Waals surface area contributed by atoms with E-state index in [1.165, 1.54) is 57.8 Å². The van der Waals surface area contributed by atoms with Gasteiger partial charge in [0.05, 0.1) is 10.6 Å². The molecule has 2 aromatic rings. The number of carbonyl (C=O) groups is 1. The summed E-state index contributed by atoms with van der Waals surface area (Å²) in [5, 5.41) is 1.11. The first kappa shape index (κ1) is 16.7. The van der Waals surface area contributed by atoms with Crippen LogP contribution in [0.1, 0.15) is 90.5 Å². The molecule has 3 aliphatic rings. The maximum atomic E-state index is 13.5. The van der Waals surface area contributed by atoms with Crippen molar-refractivity contribution in [2.45, 2.75) is 89.6 Å². The van der Waals surface area contributed by atoms with E-state index in [2.05, 4.69) is 18.7 Å². The van der Waals surface area contributed by atoms with E-state index in [0.717, 1.165) is 32.2 Å². The van der Waals surface area contributed by atoms with Crippen LogP contribution in [0.15, 0.2) is 0 Å².